The van der Waals surface area contributed by atoms with E-state index in [4.69, 9.17) is 0 Å². The van der Waals surface area contributed by atoms with Gasteiger partial charge in [-0.15, -0.1) is 11.3 Å². The van der Waals surface area contributed by atoms with E-state index in [9.17, 15) is 10.1 Å². The highest BCUT2D eigenvalue weighted by Crippen LogP contribution is 2.35. The Bertz CT molecular complexity index is 469. The Morgan fingerprint density at radius 3 is 2.83 bits per heavy atom. The molecule has 96 valence electrons. The van der Waals surface area contributed by atoms with Crippen LogP contribution in [0.4, 0.5) is 0 Å². The third kappa shape index (κ3) is 2.70. The summed E-state index contributed by atoms with van der Waals surface area (Å²) in [7, 11) is 0. The van der Waals surface area contributed by atoms with Crippen LogP contribution in [0.5, 0.6) is 0 Å². The largest absolute Gasteiger partial charge is 0.349 e. The zero-order valence-corrected chi connectivity index (χ0v) is 11.3. The van der Waals surface area contributed by atoms with Gasteiger partial charge in [-0.2, -0.15) is 5.26 Å². The lowest BCUT2D eigenvalue weighted by molar-refractivity contribution is -0.129. The molecule has 0 saturated heterocycles. The van der Waals surface area contributed by atoms with Crippen LogP contribution >= 0.6 is 11.3 Å². The van der Waals surface area contributed by atoms with Crippen LogP contribution in [-0.2, 0) is 11.3 Å². The van der Waals surface area contributed by atoms with Crippen molar-refractivity contribution in [2.45, 2.75) is 45.6 Å². The van der Waals surface area contributed by atoms with E-state index in [0.29, 0.717) is 19.4 Å². The predicted molar refractivity (Wildman–Crippen MR) is 69.8 cm³/mol. The monoisotopic (exact) mass is 263 g/mol. The molecule has 0 atom stereocenters. The average molecular weight is 263 g/mol. The maximum Gasteiger partial charge on any atom is 0.240 e. The zero-order valence-electron chi connectivity index (χ0n) is 10.5. The lowest BCUT2D eigenvalue weighted by Gasteiger charge is -2.28. The summed E-state index contributed by atoms with van der Waals surface area (Å²) in [5.41, 5.74) is 0.0679. The first-order valence-corrected chi connectivity index (χ1v) is 7.15. The van der Waals surface area contributed by atoms with E-state index in [2.05, 4.69) is 16.4 Å². The van der Waals surface area contributed by atoms with Crippen molar-refractivity contribution in [3.05, 3.63) is 16.1 Å². The summed E-state index contributed by atoms with van der Waals surface area (Å²) in [5.74, 6) is -0.129. The Hall–Kier alpha value is -1.41. The Labute approximate surface area is 111 Å². The summed E-state index contributed by atoms with van der Waals surface area (Å²) in [6.45, 7) is 2.36. The molecule has 0 aliphatic heterocycles. The Morgan fingerprint density at radius 2 is 2.28 bits per heavy atom. The fourth-order valence-electron chi connectivity index (χ4n) is 2.37. The molecule has 1 aromatic rings. The van der Waals surface area contributed by atoms with Gasteiger partial charge in [0.05, 0.1) is 23.3 Å². The molecular formula is C13H17N3OS. The number of hydrogen-bond donors (Lipinski definition) is 1. The molecule has 1 aliphatic carbocycles. The highest BCUT2D eigenvalue weighted by atomic mass is 32.1. The van der Waals surface area contributed by atoms with Gasteiger partial charge in [0.15, 0.2) is 0 Å². The minimum absolute atomic E-state index is 0.129. The number of thiazole rings is 1. The van der Waals surface area contributed by atoms with Gasteiger partial charge >= 0.3 is 0 Å². The third-order valence-electron chi connectivity index (χ3n) is 3.45. The summed E-state index contributed by atoms with van der Waals surface area (Å²) in [5, 5.41) is 15.1. The maximum atomic E-state index is 12.2. The van der Waals surface area contributed by atoms with Gasteiger partial charge in [-0.3, -0.25) is 4.79 Å². The SMILES string of the molecule is Cc1nc(CNC(=O)C2(C#N)CCCCC2)cs1. The fourth-order valence-corrected chi connectivity index (χ4v) is 2.99. The number of aryl methyl sites for hydroxylation is 1. The van der Waals surface area contributed by atoms with Crippen LogP contribution in [0.1, 0.15) is 42.8 Å². The lowest BCUT2D eigenvalue weighted by Crippen LogP contribution is -2.41. The van der Waals surface area contributed by atoms with Crippen LogP contribution in [0, 0.1) is 23.7 Å². The van der Waals surface area contributed by atoms with E-state index in [1.165, 1.54) is 0 Å². The van der Waals surface area contributed by atoms with Crippen LogP contribution in [0.3, 0.4) is 0 Å². The third-order valence-corrected chi connectivity index (χ3v) is 4.27. The van der Waals surface area contributed by atoms with E-state index >= 15 is 0 Å². The van der Waals surface area contributed by atoms with Crippen LogP contribution in [0.2, 0.25) is 0 Å². The van der Waals surface area contributed by atoms with Crippen molar-refractivity contribution < 1.29 is 4.79 Å². The number of nitrogens with zero attached hydrogens (tertiary/aromatic N) is 2. The van der Waals surface area contributed by atoms with E-state index < -0.39 is 5.41 Å². The number of rotatable bonds is 3. The second-order valence-electron chi connectivity index (χ2n) is 4.80. The highest BCUT2D eigenvalue weighted by Gasteiger charge is 2.39. The molecule has 0 radical (unpaired) electrons. The molecule has 1 N–H and O–H groups in total. The van der Waals surface area contributed by atoms with Crippen LogP contribution in [0.15, 0.2) is 5.38 Å². The molecule has 1 aromatic heterocycles. The van der Waals surface area contributed by atoms with Crippen molar-refractivity contribution in [3.8, 4) is 6.07 Å². The maximum absolute atomic E-state index is 12.2. The zero-order chi connectivity index (χ0) is 13.0. The second kappa shape index (κ2) is 5.49. The molecular weight excluding hydrogens is 246 g/mol. The number of aromatic nitrogens is 1. The van der Waals surface area contributed by atoms with Gasteiger partial charge in [0.25, 0.3) is 0 Å². The standard InChI is InChI=1S/C13H17N3OS/c1-10-16-11(8-18-10)7-15-12(17)13(9-14)5-3-2-4-6-13/h8H,2-7H2,1H3,(H,15,17). The van der Waals surface area contributed by atoms with Gasteiger partial charge in [-0.1, -0.05) is 19.3 Å². The summed E-state index contributed by atoms with van der Waals surface area (Å²) in [4.78, 5) is 16.5. The minimum Gasteiger partial charge on any atom is -0.349 e. The molecule has 5 heteroatoms. The first-order chi connectivity index (χ1) is 8.66. The topological polar surface area (TPSA) is 65.8 Å². The Balaban J connectivity index is 1.96. The second-order valence-corrected chi connectivity index (χ2v) is 5.86. The normalized spacial score (nSPS) is 18.0. The molecule has 0 unspecified atom stereocenters. The van der Waals surface area contributed by atoms with Crippen molar-refractivity contribution >= 4 is 17.2 Å². The summed E-state index contributed by atoms with van der Waals surface area (Å²) < 4.78 is 0. The summed E-state index contributed by atoms with van der Waals surface area (Å²) >= 11 is 1.57. The first kappa shape index (κ1) is 13.0. The molecule has 0 bridgehead atoms. The molecule has 4 nitrogen and oxygen atoms in total. The number of nitriles is 1. The van der Waals surface area contributed by atoms with E-state index in [-0.39, 0.29) is 5.91 Å². The van der Waals surface area contributed by atoms with Crippen molar-refractivity contribution in [2.75, 3.05) is 0 Å². The molecule has 18 heavy (non-hydrogen) atoms. The van der Waals surface area contributed by atoms with Crippen LogP contribution in [-0.4, -0.2) is 10.9 Å². The first-order valence-electron chi connectivity index (χ1n) is 6.27. The van der Waals surface area contributed by atoms with Crippen molar-refractivity contribution in [3.63, 3.8) is 0 Å². The summed E-state index contributed by atoms with van der Waals surface area (Å²) in [6, 6.07) is 2.23. The van der Waals surface area contributed by atoms with Gasteiger partial charge in [-0.05, 0) is 19.8 Å². The van der Waals surface area contributed by atoms with Crippen molar-refractivity contribution in [1.82, 2.24) is 10.3 Å². The highest BCUT2D eigenvalue weighted by molar-refractivity contribution is 7.09. The molecule has 1 heterocycles. The summed E-state index contributed by atoms with van der Waals surface area (Å²) in [6.07, 6.45) is 4.44. The minimum atomic E-state index is -0.802. The number of carbonyl (C=O) groups excluding carboxylic acids is 1. The number of nitrogens with one attached hydrogen (secondary N) is 1. The number of amides is 1. The molecule has 1 amide bonds. The van der Waals surface area contributed by atoms with Gasteiger partial charge in [-0.25, -0.2) is 4.98 Å². The average Bonchev–Trinajstić information content (AvgIpc) is 2.82. The van der Waals surface area contributed by atoms with Gasteiger partial charge in [0.2, 0.25) is 5.91 Å². The van der Waals surface area contributed by atoms with Gasteiger partial charge in [0, 0.05) is 5.38 Å². The van der Waals surface area contributed by atoms with Crippen LogP contribution in [0.25, 0.3) is 0 Å². The van der Waals surface area contributed by atoms with E-state index in [1.807, 2.05) is 12.3 Å². The van der Waals surface area contributed by atoms with Crippen molar-refractivity contribution in [2.24, 2.45) is 5.41 Å². The molecule has 2 rings (SSSR count). The Morgan fingerprint density at radius 1 is 1.56 bits per heavy atom. The smallest absolute Gasteiger partial charge is 0.240 e. The molecule has 1 saturated carbocycles. The van der Waals surface area contributed by atoms with Gasteiger partial charge in [0.1, 0.15) is 5.41 Å². The van der Waals surface area contributed by atoms with Gasteiger partial charge < -0.3 is 5.32 Å². The Kier molecular flexibility index (Phi) is 3.97. The van der Waals surface area contributed by atoms with Crippen molar-refractivity contribution in [1.29, 1.82) is 5.26 Å². The number of hydrogen-bond acceptors (Lipinski definition) is 4. The molecule has 1 aliphatic rings. The molecule has 1 fully saturated rings. The number of carbonyl (C=O) groups is 1. The fraction of sp³-hybridized carbons (Fsp3) is 0.615. The lowest BCUT2D eigenvalue weighted by atomic mass is 9.74. The predicted octanol–water partition coefficient (Wildman–Crippen LogP) is 2.54. The quantitative estimate of drug-likeness (QED) is 0.911. The molecule has 0 aromatic carbocycles. The molecule has 0 spiro atoms. The van der Waals surface area contributed by atoms with E-state index in [0.717, 1.165) is 30.0 Å². The van der Waals surface area contributed by atoms with E-state index in [1.54, 1.807) is 11.3 Å². The van der Waals surface area contributed by atoms with Crippen LogP contribution < -0.4 is 5.32 Å².